The molecule has 3 nitrogen and oxygen atoms in total. The predicted molar refractivity (Wildman–Crippen MR) is 75.5 cm³/mol. The maximum absolute atomic E-state index is 14.1. The van der Waals surface area contributed by atoms with Crippen molar-refractivity contribution >= 4 is 5.91 Å². The molecule has 1 aromatic carbocycles. The van der Waals surface area contributed by atoms with Crippen LogP contribution in [0.5, 0.6) is 0 Å². The van der Waals surface area contributed by atoms with Crippen molar-refractivity contribution in [2.24, 2.45) is 0 Å². The molecule has 0 spiro atoms. The van der Waals surface area contributed by atoms with E-state index in [9.17, 15) is 9.18 Å². The molecule has 0 radical (unpaired) electrons. The number of halogens is 1. The van der Waals surface area contributed by atoms with E-state index < -0.39 is 0 Å². The number of amides is 1. The summed E-state index contributed by atoms with van der Waals surface area (Å²) < 4.78 is 14.1. The largest absolute Gasteiger partial charge is 0.318 e. The standard InChI is InChI=1S/C16H21FN2O/c1-11-16(20)19(12-7-3-2-4-8-12)15(18-11)13-9-5-6-10-14(13)17/h5-6,9-12,15,18H,2-4,7-8H2,1H3. The fourth-order valence-electron chi connectivity index (χ4n) is 3.43. The molecule has 1 aliphatic carbocycles. The summed E-state index contributed by atoms with van der Waals surface area (Å²) in [5.74, 6) is -0.141. The van der Waals surface area contributed by atoms with Crippen molar-refractivity contribution in [3.8, 4) is 0 Å². The van der Waals surface area contributed by atoms with E-state index in [2.05, 4.69) is 5.32 Å². The van der Waals surface area contributed by atoms with Gasteiger partial charge in [-0.15, -0.1) is 0 Å². The number of nitrogens with zero attached hydrogens (tertiary/aromatic N) is 1. The zero-order valence-electron chi connectivity index (χ0n) is 11.8. The topological polar surface area (TPSA) is 32.3 Å². The molecule has 108 valence electrons. The minimum Gasteiger partial charge on any atom is -0.318 e. The zero-order chi connectivity index (χ0) is 14.1. The average Bonchev–Trinajstić information content (AvgIpc) is 2.76. The van der Waals surface area contributed by atoms with E-state index in [1.807, 2.05) is 17.9 Å². The Bertz CT molecular complexity index is 499. The Kier molecular flexibility index (Phi) is 3.74. The lowest BCUT2D eigenvalue weighted by Gasteiger charge is -2.35. The molecule has 1 aliphatic heterocycles. The highest BCUT2D eigenvalue weighted by Crippen LogP contribution is 2.34. The first-order valence-electron chi connectivity index (χ1n) is 7.51. The molecule has 3 rings (SSSR count). The van der Waals surface area contributed by atoms with E-state index >= 15 is 0 Å². The first kappa shape index (κ1) is 13.6. The summed E-state index contributed by atoms with van der Waals surface area (Å²) in [6.45, 7) is 1.86. The predicted octanol–water partition coefficient (Wildman–Crippen LogP) is 2.98. The second kappa shape index (κ2) is 5.52. The molecule has 20 heavy (non-hydrogen) atoms. The Labute approximate surface area is 119 Å². The highest BCUT2D eigenvalue weighted by molar-refractivity contribution is 5.84. The van der Waals surface area contributed by atoms with Crippen LogP contribution in [0, 0.1) is 5.82 Å². The number of carbonyl (C=O) groups excluding carboxylic acids is 1. The molecule has 1 saturated carbocycles. The number of rotatable bonds is 2. The van der Waals surface area contributed by atoms with Gasteiger partial charge in [-0.05, 0) is 25.8 Å². The molecule has 2 unspecified atom stereocenters. The molecule has 2 aliphatic rings. The minimum absolute atomic E-state index is 0.102. The van der Waals surface area contributed by atoms with Crippen LogP contribution in [0.25, 0.3) is 0 Å². The maximum atomic E-state index is 14.1. The second-order valence-corrected chi connectivity index (χ2v) is 5.85. The second-order valence-electron chi connectivity index (χ2n) is 5.85. The first-order valence-corrected chi connectivity index (χ1v) is 7.51. The minimum atomic E-state index is -0.318. The van der Waals surface area contributed by atoms with Crippen LogP contribution in [0.3, 0.4) is 0 Å². The van der Waals surface area contributed by atoms with Crippen molar-refractivity contribution in [2.45, 2.75) is 57.3 Å². The molecular weight excluding hydrogens is 255 g/mol. The Morgan fingerprint density at radius 2 is 1.90 bits per heavy atom. The van der Waals surface area contributed by atoms with Gasteiger partial charge in [-0.25, -0.2) is 4.39 Å². The van der Waals surface area contributed by atoms with Gasteiger partial charge < -0.3 is 4.90 Å². The van der Waals surface area contributed by atoms with Gasteiger partial charge >= 0.3 is 0 Å². The van der Waals surface area contributed by atoms with Gasteiger partial charge in [-0.3, -0.25) is 10.1 Å². The molecule has 0 bridgehead atoms. The summed E-state index contributed by atoms with van der Waals surface area (Å²) in [5.41, 5.74) is 0.579. The summed E-state index contributed by atoms with van der Waals surface area (Å²) >= 11 is 0. The van der Waals surface area contributed by atoms with E-state index in [4.69, 9.17) is 0 Å². The van der Waals surface area contributed by atoms with E-state index in [0.29, 0.717) is 5.56 Å². The third-order valence-corrected chi connectivity index (χ3v) is 4.48. The fraction of sp³-hybridized carbons (Fsp3) is 0.562. The van der Waals surface area contributed by atoms with E-state index in [1.54, 1.807) is 12.1 Å². The summed E-state index contributed by atoms with van der Waals surface area (Å²) in [6.07, 6.45) is 5.31. The zero-order valence-corrected chi connectivity index (χ0v) is 11.8. The van der Waals surface area contributed by atoms with E-state index in [0.717, 1.165) is 25.7 Å². The Morgan fingerprint density at radius 3 is 2.60 bits per heavy atom. The van der Waals surface area contributed by atoms with Crippen molar-refractivity contribution in [3.63, 3.8) is 0 Å². The van der Waals surface area contributed by atoms with Crippen LogP contribution in [0.2, 0.25) is 0 Å². The summed E-state index contributed by atoms with van der Waals surface area (Å²) in [5, 5.41) is 3.24. The monoisotopic (exact) mass is 276 g/mol. The molecular formula is C16H21FN2O. The van der Waals surface area contributed by atoms with Gasteiger partial charge in [0.15, 0.2) is 0 Å². The van der Waals surface area contributed by atoms with Gasteiger partial charge in [0.1, 0.15) is 12.0 Å². The third-order valence-electron chi connectivity index (χ3n) is 4.48. The van der Waals surface area contributed by atoms with Gasteiger partial charge in [0.25, 0.3) is 0 Å². The number of benzene rings is 1. The Balaban J connectivity index is 1.91. The molecule has 1 N–H and O–H groups in total. The molecule has 0 aromatic heterocycles. The van der Waals surface area contributed by atoms with Crippen molar-refractivity contribution < 1.29 is 9.18 Å². The third kappa shape index (κ3) is 2.33. The Morgan fingerprint density at radius 1 is 1.20 bits per heavy atom. The lowest BCUT2D eigenvalue weighted by Crippen LogP contribution is -2.41. The normalized spacial score (nSPS) is 28.1. The van der Waals surface area contributed by atoms with Gasteiger partial charge in [-0.2, -0.15) is 0 Å². The highest BCUT2D eigenvalue weighted by atomic mass is 19.1. The van der Waals surface area contributed by atoms with Gasteiger partial charge in [-0.1, -0.05) is 37.5 Å². The van der Waals surface area contributed by atoms with Crippen LogP contribution in [-0.4, -0.2) is 22.9 Å². The molecule has 2 fully saturated rings. The molecule has 1 aromatic rings. The molecule has 4 heteroatoms. The van der Waals surface area contributed by atoms with Crippen molar-refractivity contribution in [2.75, 3.05) is 0 Å². The van der Waals surface area contributed by atoms with Gasteiger partial charge in [0, 0.05) is 11.6 Å². The van der Waals surface area contributed by atoms with E-state index in [1.165, 1.54) is 12.5 Å². The quantitative estimate of drug-likeness (QED) is 0.900. The molecule has 1 heterocycles. The molecule has 2 atom stereocenters. The highest BCUT2D eigenvalue weighted by Gasteiger charge is 2.42. The number of hydrogen-bond acceptors (Lipinski definition) is 2. The van der Waals surface area contributed by atoms with Crippen LogP contribution in [0.4, 0.5) is 4.39 Å². The van der Waals surface area contributed by atoms with Crippen LogP contribution < -0.4 is 5.32 Å². The number of nitrogens with one attached hydrogen (secondary N) is 1. The fourth-order valence-corrected chi connectivity index (χ4v) is 3.43. The SMILES string of the molecule is CC1NC(c2ccccc2F)N(C2CCCCC2)C1=O. The molecule has 1 amide bonds. The lowest BCUT2D eigenvalue weighted by atomic mass is 9.93. The van der Waals surface area contributed by atoms with Crippen LogP contribution >= 0.6 is 0 Å². The summed E-state index contributed by atoms with van der Waals surface area (Å²) in [4.78, 5) is 14.3. The number of hydrogen-bond donors (Lipinski definition) is 1. The molecule has 1 saturated heterocycles. The average molecular weight is 276 g/mol. The first-order chi connectivity index (χ1) is 9.68. The van der Waals surface area contributed by atoms with Gasteiger partial charge in [0.2, 0.25) is 5.91 Å². The van der Waals surface area contributed by atoms with Gasteiger partial charge in [0.05, 0.1) is 6.04 Å². The smallest absolute Gasteiger partial charge is 0.241 e. The van der Waals surface area contributed by atoms with E-state index in [-0.39, 0.29) is 30.0 Å². The van der Waals surface area contributed by atoms with Crippen LogP contribution in [0.15, 0.2) is 24.3 Å². The van der Waals surface area contributed by atoms with Crippen LogP contribution in [0.1, 0.15) is 50.8 Å². The Hall–Kier alpha value is -1.42. The summed E-state index contributed by atoms with van der Waals surface area (Å²) in [7, 11) is 0. The summed E-state index contributed by atoms with van der Waals surface area (Å²) in [6, 6.07) is 6.76. The number of carbonyl (C=O) groups is 1. The van der Waals surface area contributed by atoms with Crippen molar-refractivity contribution in [1.29, 1.82) is 0 Å². The van der Waals surface area contributed by atoms with Crippen molar-refractivity contribution in [1.82, 2.24) is 10.2 Å². The van der Waals surface area contributed by atoms with Crippen LogP contribution in [-0.2, 0) is 4.79 Å². The maximum Gasteiger partial charge on any atom is 0.241 e. The lowest BCUT2D eigenvalue weighted by molar-refractivity contribution is -0.132. The van der Waals surface area contributed by atoms with Crippen molar-refractivity contribution in [3.05, 3.63) is 35.6 Å².